The quantitative estimate of drug-likeness (QED) is 0.509. The highest BCUT2D eigenvalue weighted by atomic mass is 16.5. The van der Waals surface area contributed by atoms with Crippen LogP contribution in [0.4, 0.5) is 0 Å². The summed E-state index contributed by atoms with van der Waals surface area (Å²) < 4.78 is 8.64. The molecule has 2 aromatic rings. The van der Waals surface area contributed by atoms with Crippen LogP contribution in [0.2, 0.25) is 0 Å². The number of benzene rings is 1. The normalized spacial score (nSPS) is 32.0. The zero-order chi connectivity index (χ0) is 29.1. The number of hydrogen-bond donors (Lipinski definition) is 1. The molecule has 41 heavy (non-hydrogen) atoms. The minimum Gasteiger partial charge on any atom is -0.394 e. The van der Waals surface area contributed by atoms with Crippen molar-refractivity contribution >= 4 is 28.8 Å². The lowest BCUT2D eigenvalue weighted by Crippen LogP contribution is -2.59. The van der Waals surface area contributed by atoms with E-state index in [1.54, 1.807) is 21.5 Å². The molecule has 6 rings (SSSR count). The Morgan fingerprint density at radius 2 is 1.80 bits per heavy atom. The van der Waals surface area contributed by atoms with E-state index < -0.39 is 35.1 Å². The lowest BCUT2D eigenvalue weighted by atomic mass is 9.73. The summed E-state index contributed by atoms with van der Waals surface area (Å²) >= 11 is 0. The number of aliphatic hydroxyl groups is 1. The average Bonchev–Trinajstić information content (AvgIpc) is 3.50. The van der Waals surface area contributed by atoms with E-state index in [9.17, 15) is 19.5 Å². The molecule has 1 spiro atoms. The predicted octanol–water partition coefficient (Wildman–Crippen LogP) is 1.58. The van der Waals surface area contributed by atoms with E-state index in [4.69, 9.17) is 4.74 Å². The minimum atomic E-state index is -1.36. The van der Waals surface area contributed by atoms with Gasteiger partial charge in [-0.15, -0.1) is 5.10 Å². The lowest BCUT2D eigenvalue weighted by molar-refractivity contribution is -0.158. The SMILES string of the molecule is CC[C@]12C=CCN(C)C(=O)[C@H]1[C@H]1C(=O)N([C@@H](CO)CC(C)C)C3C(=O)N(Cn4nnc5ccccc54)CC=C[C@@]31O2. The van der Waals surface area contributed by atoms with Crippen LogP contribution in [0.25, 0.3) is 11.0 Å². The molecule has 1 N–H and O–H groups in total. The van der Waals surface area contributed by atoms with Crippen LogP contribution in [0.1, 0.15) is 33.6 Å². The Hall–Kier alpha value is -3.57. The molecule has 4 aliphatic heterocycles. The summed E-state index contributed by atoms with van der Waals surface area (Å²) in [7, 11) is 1.73. The number of ether oxygens (including phenoxy) is 1. The Kier molecular flexibility index (Phi) is 6.77. The number of rotatable bonds is 7. The van der Waals surface area contributed by atoms with Gasteiger partial charge in [0.05, 0.1) is 35.6 Å². The number of carbonyl (C=O) groups excluding carboxylic acids is 3. The van der Waals surface area contributed by atoms with Crippen molar-refractivity contribution in [2.45, 2.75) is 63.6 Å². The molecular formula is C30H38N6O5. The molecule has 0 bridgehead atoms. The molecule has 0 aliphatic carbocycles. The van der Waals surface area contributed by atoms with Gasteiger partial charge in [0.2, 0.25) is 11.8 Å². The third kappa shape index (κ3) is 4.04. The number of aromatic nitrogens is 3. The standard InChI is InChI=1S/C30H38N6O5/c1-5-29-12-8-14-33(4)26(38)23(29)24-27(39)36(20(17-37)16-19(2)3)25-28(40)34(15-9-13-30(24,25)41-29)18-35-22-11-7-6-10-21(22)31-32-35/h6-13,19-20,23-25,37H,5,14-18H2,1-4H3/t20-,23-,24+,25?,29+,30+/m1/s1. The van der Waals surface area contributed by atoms with Gasteiger partial charge in [-0.25, -0.2) is 4.68 Å². The molecule has 4 aliphatic rings. The van der Waals surface area contributed by atoms with Crippen LogP contribution in [-0.2, 0) is 25.8 Å². The van der Waals surface area contributed by atoms with Gasteiger partial charge in [-0.2, -0.15) is 0 Å². The maximum absolute atomic E-state index is 14.7. The van der Waals surface area contributed by atoms with Crippen molar-refractivity contribution in [3.8, 4) is 0 Å². The Labute approximate surface area is 239 Å². The third-order valence-electron chi connectivity index (χ3n) is 9.24. The molecule has 11 heteroatoms. The maximum atomic E-state index is 14.7. The fourth-order valence-corrected chi connectivity index (χ4v) is 7.39. The van der Waals surface area contributed by atoms with Gasteiger partial charge in [0.25, 0.3) is 5.91 Å². The van der Waals surface area contributed by atoms with Crippen LogP contribution in [0.5, 0.6) is 0 Å². The predicted molar refractivity (Wildman–Crippen MR) is 150 cm³/mol. The topological polar surface area (TPSA) is 121 Å². The van der Waals surface area contributed by atoms with Crippen molar-refractivity contribution in [2.75, 3.05) is 26.7 Å². The zero-order valence-electron chi connectivity index (χ0n) is 24.0. The van der Waals surface area contributed by atoms with Crippen LogP contribution in [0, 0.1) is 17.8 Å². The fraction of sp³-hybridized carbons (Fsp3) is 0.567. The molecule has 0 radical (unpaired) electrons. The monoisotopic (exact) mass is 562 g/mol. The van der Waals surface area contributed by atoms with Gasteiger partial charge >= 0.3 is 0 Å². The highest BCUT2D eigenvalue weighted by molar-refractivity contribution is 6.00. The number of likely N-dealkylation sites (N-methyl/N-ethyl adjacent to an activating group) is 1. The van der Waals surface area contributed by atoms with Gasteiger partial charge in [-0.1, -0.05) is 62.4 Å². The highest BCUT2D eigenvalue weighted by Crippen LogP contribution is 2.59. The first-order valence-corrected chi connectivity index (χ1v) is 14.5. The van der Waals surface area contributed by atoms with E-state index in [0.717, 1.165) is 11.0 Å². The second kappa shape index (κ2) is 10.1. The van der Waals surface area contributed by atoms with Crippen LogP contribution >= 0.6 is 0 Å². The largest absolute Gasteiger partial charge is 0.394 e. The van der Waals surface area contributed by atoms with E-state index in [1.807, 2.05) is 69.3 Å². The Morgan fingerprint density at radius 1 is 1.05 bits per heavy atom. The first kappa shape index (κ1) is 27.6. The molecular weight excluding hydrogens is 524 g/mol. The zero-order valence-corrected chi connectivity index (χ0v) is 24.0. The van der Waals surface area contributed by atoms with Crippen LogP contribution in [0.15, 0.2) is 48.6 Å². The lowest BCUT2D eigenvalue weighted by Gasteiger charge is -2.41. The molecule has 2 saturated heterocycles. The number of amides is 3. The van der Waals surface area contributed by atoms with E-state index in [2.05, 4.69) is 10.3 Å². The number of hydrogen-bond acceptors (Lipinski definition) is 7. The molecule has 218 valence electrons. The molecule has 2 fully saturated rings. The fourth-order valence-electron chi connectivity index (χ4n) is 7.39. The number of para-hydroxylation sites is 1. The van der Waals surface area contributed by atoms with Crippen LogP contribution in [0.3, 0.4) is 0 Å². The second-order valence-electron chi connectivity index (χ2n) is 12.1. The van der Waals surface area contributed by atoms with Crippen LogP contribution in [-0.4, -0.2) is 103 Å². The van der Waals surface area contributed by atoms with Gasteiger partial charge in [0.1, 0.15) is 23.8 Å². The summed E-state index contributed by atoms with van der Waals surface area (Å²) in [6.45, 7) is 6.50. The van der Waals surface area contributed by atoms with Crippen molar-refractivity contribution in [1.82, 2.24) is 29.7 Å². The smallest absolute Gasteiger partial charge is 0.250 e. The van der Waals surface area contributed by atoms with Gasteiger partial charge in [0.15, 0.2) is 0 Å². The minimum absolute atomic E-state index is 0.126. The van der Waals surface area contributed by atoms with E-state index >= 15 is 0 Å². The number of fused-ring (bicyclic) bond motifs is 3. The van der Waals surface area contributed by atoms with Crippen molar-refractivity contribution in [1.29, 1.82) is 0 Å². The summed E-state index contributed by atoms with van der Waals surface area (Å²) in [6.07, 6.45) is 8.51. The number of likely N-dealkylation sites (tertiary alicyclic amines) is 1. The number of nitrogens with zero attached hydrogens (tertiary/aromatic N) is 6. The van der Waals surface area contributed by atoms with Gasteiger partial charge in [-0.3, -0.25) is 14.4 Å². The molecule has 0 saturated carbocycles. The molecule has 1 aromatic carbocycles. The van der Waals surface area contributed by atoms with Gasteiger partial charge in [-0.05, 0) is 30.9 Å². The Balaban J connectivity index is 1.48. The Bertz CT molecular complexity index is 1440. The summed E-state index contributed by atoms with van der Waals surface area (Å²) in [5, 5.41) is 19.0. The first-order valence-electron chi connectivity index (χ1n) is 14.5. The molecule has 3 amide bonds. The molecule has 6 atom stereocenters. The maximum Gasteiger partial charge on any atom is 0.250 e. The van der Waals surface area contributed by atoms with Crippen molar-refractivity contribution in [3.63, 3.8) is 0 Å². The molecule has 1 unspecified atom stereocenters. The third-order valence-corrected chi connectivity index (χ3v) is 9.24. The molecule has 11 nitrogen and oxygen atoms in total. The number of carbonyl (C=O) groups is 3. The van der Waals surface area contributed by atoms with Crippen LogP contribution < -0.4 is 0 Å². The second-order valence-corrected chi connectivity index (χ2v) is 12.1. The van der Waals surface area contributed by atoms with E-state index in [0.29, 0.717) is 19.4 Å². The molecule has 5 heterocycles. The van der Waals surface area contributed by atoms with Crippen molar-refractivity contribution < 1.29 is 24.2 Å². The van der Waals surface area contributed by atoms with Crippen molar-refractivity contribution in [2.24, 2.45) is 17.8 Å². The summed E-state index contributed by atoms with van der Waals surface area (Å²) in [4.78, 5) is 47.9. The average molecular weight is 563 g/mol. The first-order chi connectivity index (χ1) is 19.7. The highest BCUT2D eigenvalue weighted by Gasteiger charge is 2.75. The Morgan fingerprint density at radius 3 is 2.54 bits per heavy atom. The van der Waals surface area contributed by atoms with Crippen molar-refractivity contribution in [3.05, 3.63) is 48.6 Å². The summed E-state index contributed by atoms with van der Waals surface area (Å²) in [5.74, 6) is -2.34. The van der Waals surface area contributed by atoms with E-state index in [-0.39, 0.29) is 43.5 Å². The number of aliphatic hydroxyl groups excluding tert-OH is 1. The molecule has 1 aromatic heterocycles. The van der Waals surface area contributed by atoms with Gasteiger partial charge < -0.3 is 24.5 Å². The summed E-state index contributed by atoms with van der Waals surface area (Å²) in [6, 6.07) is 5.88. The van der Waals surface area contributed by atoms with Gasteiger partial charge in [0, 0.05) is 20.1 Å². The van der Waals surface area contributed by atoms with E-state index in [1.165, 1.54) is 4.90 Å². The summed E-state index contributed by atoms with van der Waals surface area (Å²) in [5.41, 5.74) is -0.885.